The molecular formula is C21H22N2O2. The highest BCUT2D eigenvalue weighted by atomic mass is 16.3. The van der Waals surface area contributed by atoms with E-state index in [-0.39, 0.29) is 11.9 Å². The number of hydrogen-bond donors (Lipinski definition) is 0. The van der Waals surface area contributed by atoms with E-state index < -0.39 is 0 Å². The molecule has 1 aromatic carbocycles. The number of carbonyl (C=O) groups is 1. The fourth-order valence-corrected chi connectivity index (χ4v) is 3.94. The summed E-state index contributed by atoms with van der Waals surface area (Å²) in [6.45, 7) is 6.61. The maximum Gasteiger partial charge on any atom is 0.250 e. The number of nitrogens with zero attached hydrogens (tertiary/aromatic N) is 2. The van der Waals surface area contributed by atoms with Gasteiger partial charge >= 0.3 is 0 Å². The molecule has 3 aromatic rings. The summed E-state index contributed by atoms with van der Waals surface area (Å²) in [5.41, 5.74) is 5.56. The van der Waals surface area contributed by atoms with E-state index in [1.54, 1.807) is 6.26 Å². The number of carbonyl (C=O) groups excluding carboxylic acids is 1. The first-order valence-corrected chi connectivity index (χ1v) is 8.55. The van der Waals surface area contributed by atoms with E-state index in [9.17, 15) is 4.79 Å². The van der Waals surface area contributed by atoms with E-state index >= 15 is 0 Å². The lowest BCUT2D eigenvalue weighted by Gasteiger charge is -2.26. The van der Waals surface area contributed by atoms with E-state index in [1.807, 2.05) is 24.0 Å². The highest BCUT2D eigenvalue weighted by Crippen LogP contribution is 2.43. The minimum absolute atomic E-state index is 0.0521. The van der Waals surface area contributed by atoms with Crippen LogP contribution in [0.2, 0.25) is 0 Å². The second kappa shape index (κ2) is 5.66. The maximum absolute atomic E-state index is 12.9. The molecule has 4 nitrogen and oxygen atoms in total. The van der Waals surface area contributed by atoms with Crippen molar-refractivity contribution in [2.45, 2.75) is 33.4 Å². The third kappa shape index (κ3) is 2.24. The van der Waals surface area contributed by atoms with Gasteiger partial charge in [0, 0.05) is 34.8 Å². The van der Waals surface area contributed by atoms with Crippen LogP contribution in [-0.2, 0) is 18.4 Å². The van der Waals surface area contributed by atoms with Crippen molar-refractivity contribution in [2.75, 3.05) is 0 Å². The first kappa shape index (κ1) is 15.8. The van der Waals surface area contributed by atoms with E-state index in [0.717, 1.165) is 16.9 Å². The fraction of sp³-hybridized carbons (Fsp3) is 0.286. The van der Waals surface area contributed by atoms with Gasteiger partial charge in [0.05, 0.1) is 18.8 Å². The summed E-state index contributed by atoms with van der Waals surface area (Å²) in [6.07, 6.45) is 1.65. The SMILES string of the molecule is CC1=C(C)[C@@H](c2c(C)n(C)c3ccccc23)N(Cc2ccco2)C1=O. The molecule has 1 atom stereocenters. The summed E-state index contributed by atoms with van der Waals surface area (Å²) in [5, 5.41) is 1.21. The Bertz CT molecular complexity index is 993. The van der Waals surface area contributed by atoms with Crippen LogP contribution in [0.4, 0.5) is 0 Å². The molecule has 3 heterocycles. The zero-order chi connectivity index (χ0) is 17.7. The van der Waals surface area contributed by atoms with Gasteiger partial charge in [-0.1, -0.05) is 18.2 Å². The van der Waals surface area contributed by atoms with Crippen LogP contribution >= 0.6 is 0 Å². The van der Waals surface area contributed by atoms with Crippen LogP contribution in [0, 0.1) is 6.92 Å². The summed E-state index contributed by atoms with van der Waals surface area (Å²) >= 11 is 0. The average molecular weight is 334 g/mol. The van der Waals surface area contributed by atoms with Gasteiger partial charge in [0.2, 0.25) is 0 Å². The molecule has 2 aromatic heterocycles. The molecule has 0 aliphatic carbocycles. The molecule has 0 N–H and O–H groups in total. The lowest BCUT2D eigenvalue weighted by Crippen LogP contribution is -2.29. The van der Waals surface area contributed by atoms with Gasteiger partial charge in [-0.15, -0.1) is 0 Å². The van der Waals surface area contributed by atoms with Gasteiger partial charge in [-0.2, -0.15) is 0 Å². The average Bonchev–Trinajstić information content (AvgIpc) is 3.27. The molecule has 4 rings (SSSR count). The van der Waals surface area contributed by atoms with E-state index in [2.05, 4.69) is 49.7 Å². The van der Waals surface area contributed by atoms with E-state index in [1.165, 1.54) is 22.2 Å². The monoisotopic (exact) mass is 334 g/mol. The van der Waals surface area contributed by atoms with Crippen LogP contribution in [0.15, 0.2) is 58.2 Å². The van der Waals surface area contributed by atoms with Crippen LogP contribution in [-0.4, -0.2) is 15.4 Å². The lowest BCUT2D eigenvalue weighted by atomic mass is 9.96. The second-order valence-corrected chi connectivity index (χ2v) is 6.80. The van der Waals surface area contributed by atoms with Crippen LogP contribution in [0.5, 0.6) is 0 Å². The summed E-state index contributed by atoms with van der Waals surface area (Å²) in [4.78, 5) is 14.8. The highest BCUT2D eigenvalue weighted by molar-refractivity contribution is 5.98. The number of benzene rings is 1. The second-order valence-electron chi connectivity index (χ2n) is 6.80. The Morgan fingerprint density at radius 3 is 2.56 bits per heavy atom. The number of aryl methyl sites for hydroxylation is 1. The van der Waals surface area contributed by atoms with Gasteiger partial charge in [0.1, 0.15) is 5.76 Å². The predicted molar refractivity (Wildman–Crippen MR) is 98.0 cm³/mol. The third-order valence-electron chi connectivity index (χ3n) is 5.52. The molecule has 25 heavy (non-hydrogen) atoms. The van der Waals surface area contributed by atoms with Crippen LogP contribution in [0.1, 0.15) is 36.9 Å². The minimum atomic E-state index is -0.0521. The molecule has 0 radical (unpaired) electrons. The summed E-state index contributed by atoms with van der Waals surface area (Å²) in [7, 11) is 2.08. The number of amides is 1. The molecule has 0 spiro atoms. The minimum Gasteiger partial charge on any atom is -0.467 e. The topological polar surface area (TPSA) is 38.4 Å². The number of aromatic nitrogens is 1. The van der Waals surface area contributed by atoms with Gasteiger partial charge in [0.25, 0.3) is 5.91 Å². The molecule has 0 unspecified atom stereocenters. The van der Waals surface area contributed by atoms with Crippen molar-refractivity contribution in [2.24, 2.45) is 7.05 Å². The Kier molecular flexibility index (Phi) is 3.57. The number of rotatable bonds is 3. The normalized spacial score (nSPS) is 18.0. The molecule has 1 amide bonds. The van der Waals surface area contributed by atoms with Gasteiger partial charge < -0.3 is 13.9 Å². The Balaban J connectivity index is 1.90. The van der Waals surface area contributed by atoms with E-state index in [0.29, 0.717) is 6.54 Å². The van der Waals surface area contributed by atoms with Crippen molar-refractivity contribution in [3.8, 4) is 0 Å². The number of hydrogen-bond acceptors (Lipinski definition) is 2. The van der Waals surface area contributed by atoms with Gasteiger partial charge in [-0.05, 0) is 44.5 Å². The lowest BCUT2D eigenvalue weighted by molar-refractivity contribution is -0.128. The molecule has 0 saturated carbocycles. The van der Waals surface area contributed by atoms with Gasteiger partial charge in [-0.25, -0.2) is 0 Å². The zero-order valence-corrected chi connectivity index (χ0v) is 15.0. The van der Waals surface area contributed by atoms with Crippen molar-refractivity contribution >= 4 is 16.8 Å². The zero-order valence-electron chi connectivity index (χ0n) is 15.0. The molecule has 128 valence electrons. The van der Waals surface area contributed by atoms with Gasteiger partial charge in [-0.3, -0.25) is 4.79 Å². The summed E-state index contributed by atoms with van der Waals surface area (Å²) < 4.78 is 7.71. The first-order chi connectivity index (χ1) is 12.0. The van der Waals surface area contributed by atoms with Crippen molar-refractivity contribution in [1.29, 1.82) is 0 Å². The molecular weight excluding hydrogens is 312 g/mol. The number of furan rings is 1. The quantitative estimate of drug-likeness (QED) is 0.707. The molecule has 0 saturated heterocycles. The Morgan fingerprint density at radius 2 is 1.84 bits per heavy atom. The Labute approximate surface area is 147 Å². The molecule has 4 heteroatoms. The van der Waals surface area contributed by atoms with Crippen LogP contribution < -0.4 is 0 Å². The van der Waals surface area contributed by atoms with Crippen molar-refractivity contribution in [1.82, 2.24) is 9.47 Å². The largest absolute Gasteiger partial charge is 0.467 e. The van der Waals surface area contributed by atoms with Crippen LogP contribution in [0.3, 0.4) is 0 Å². The predicted octanol–water partition coefficient (Wildman–Crippen LogP) is 4.50. The third-order valence-corrected chi connectivity index (χ3v) is 5.52. The van der Waals surface area contributed by atoms with E-state index in [4.69, 9.17) is 4.42 Å². The number of fused-ring (bicyclic) bond motifs is 1. The summed E-state index contributed by atoms with van der Waals surface area (Å²) in [6, 6.07) is 12.1. The van der Waals surface area contributed by atoms with Crippen molar-refractivity contribution < 1.29 is 9.21 Å². The van der Waals surface area contributed by atoms with Crippen molar-refractivity contribution in [3.63, 3.8) is 0 Å². The highest BCUT2D eigenvalue weighted by Gasteiger charge is 2.38. The summed E-state index contributed by atoms with van der Waals surface area (Å²) in [5.74, 6) is 0.893. The Hall–Kier alpha value is -2.75. The molecule has 0 fully saturated rings. The molecule has 0 bridgehead atoms. The maximum atomic E-state index is 12.9. The Morgan fingerprint density at radius 1 is 1.08 bits per heavy atom. The number of para-hydroxylation sites is 1. The van der Waals surface area contributed by atoms with Gasteiger partial charge in [0.15, 0.2) is 0 Å². The smallest absolute Gasteiger partial charge is 0.250 e. The standard InChI is InChI=1S/C21H22N2O2/c1-13-14(2)21(24)23(12-16-8-7-11-25-16)20(13)19-15(3)22(4)18-10-6-5-9-17(18)19/h5-11,20H,12H2,1-4H3/t20-/m0/s1. The fourth-order valence-electron chi connectivity index (χ4n) is 3.94. The molecule has 1 aliphatic heterocycles. The van der Waals surface area contributed by atoms with Crippen LogP contribution in [0.25, 0.3) is 10.9 Å². The first-order valence-electron chi connectivity index (χ1n) is 8.55. The van der Waals surface area contributed by atoms with Crippen molar-refractivity contribution in [3.05, 3.63) is 70.8 Å². The molecule has 1 aliphatic rings.